The van der Waals surface area contributed by atoms with Crippen LogP contribution in [0.1, 0.15) is 157 Å². The minimum Gasteiger partial charge on any atom is -0.480 e. The van der Waals surface area contributed by atoms with Crippen molar-refractivity contribution in [3.8, 4) is 0 Å². The number of rotatable bonds is 41. The van der Waals surface area contributed by atoms with Crippen molar-refractivity contribution < 1.29 is 62.6 Å². The molecule has 3 atom stereocenters. The molecule has 0 aromatic heterocycles. The lowest BCUT2D eigenvalue weighted by atomic mass is 10.0. The van der Waals surface area contributed by atoms with Crippen molar-refractivity contribution >= 4 is 30.1 Å². The second kappa shape index (κ2) is 36.9. The molecule has 5 N–H and O–H groups in total. The van der Waals surface area contributed by atoms with E-state index < -0.39 is 41.5 Å². The summed E-state index contributed by atoms with van der Waals surface area (Å²) in [4.78, 5) is 59.1. The van der Waals surface area contributed by atoms with E-state index in [4.69, 9.17) is 33.5 Å². The predicted octanol–water partition coefficient (Wildman–Crippen LogP) is 5.39. The normalized spacial score (nSPS) is 13.4. The monoisotopic (exact) mass is 862 g/mol. The number of amides is 1. The number of aliphatic hydroxyl groups is 1. The number of hydrogen-bond donors (Lipinski definition) is 5. The van der Waals surface area contributed by atoms with Gasteiger partial charge in [0.15, 0.2) is 0 Å². The molecule has 0 rings (SSSR count). The van der Waals surface area contributed by atoms with Crippen LogP contribution in [0.15, 0.2) is 0 Å². The van der Waals surface area contributed by atoms with Crippen molar-refractivity contribution in [2.75, 3.05) is 65.9 Å². The van der Waals surface area contributed by atoms with Crippen LogP contribution in [0.3, 0.4) is 0 Å². The number of hydrogen-bond acceptors (Lipinski definition) is 14. The third kappa shape index (κ3) is 40.7. The van der Waals surface area contributed by atoms with Crippen molar-refractivity contribution in [3.05, 3.63) is 0 Å². The highest BCUT2D eigenvalue weighted by Crippen LogP contribution is 2.16. The van der Waals surface area contributed by atoms with Crippen LogP contribution in [0.25, 0.3) is 0 Å². The summed E-state index contributed by atoms with van der Waals surface area (Å²) in [6.07, 6.45) is 16.1. The molecule has 1 amide bonds. The zero-order valence-electron chi connectivity index (χ0n) is 38.0. The molecule has 0 aliphatic heterocycles. The van der Waals surface area contributed by atoms with E-state index in [0.717, 1.165) is 38.5 Å². The van der Waals surface area contributed by atoms with Crippen LogP contribution in [-0.2, 0) is 52.4 Å². The Morgan fingerprint density at radius 1 is 0.617 bits per heavy atom. The summed E-state index contributed by atoms with van der Waals surface area (Å²) < 4.78 is 32.1. The van der Waals surface area contributed by atoms with Crippen molar-refractivity contribution in [1.82, 2.24) is 16.0 Å². The summed E-state index contributed by atoms with van der Waals surface area (Å²) in [6, 6.07) is -0.872. The van der Waals surface area contributed by atoms with Gasteiger partial charge in [-0.3, -0.25) is 14.9 Å². The largest absolute Gasteiger partial charge is 0.480 e. The Kier molecular flexibility index (Phi) is 35.2. The van der Waals surface area contributed by atoms with Crippen LogP contribution in [0.4, 0.5) is 0 Å². The molecule has 0 saturated carbocycles. The first kappa shape index (κ1) is 57.3. The highest BCUT2D eigenvalue weighted by Gasteiger charge is 2.27. The Balaban J connectivity index is 4.06. The van der Waals surface area contributed by atoms with Crippen LogP contribution in [0.5, 0.6) is 0 Å². The smallest absolute Gasteiger partial charge is 0.329 e. The molecule has 16 nitrogen and oxygen atoms in total. The van der Waals surface area contributed by atoms with E-state index in [0.29, 0.717) is 45.4 Å². The zero-order chi connectivity index (χ0) is 44.9. The number of esters is 2. The number of aldehydes is 1. The molecule has 0 aromatic rings. The molecule has 0 aliphatic carbocycles. The maximum atomic E-state index is 12.9. The van der Waals surface area contributed by atoms with E-state index in [1.54, 1.807) is 20.8 Å². The SMILES string of the molecule is CC(C)(C)OC(=O)CCCCCCCCCCCCCCCCC(=O)N[C@@H](CCC(O)NCCOCCOC(C=O)CNCCOCCOCC(=O)O)C(=O)OC(C)(C)C. The van der Waals surface area contributed by atoms with Crippen LogP contribution in [-0.4, -0.2) is 136 Å². The lowest BCUT2D eigenvalue weighted by Gasteiger charge is -2.25. The fourth-order valence-electron chi connectivity index (χ4n) is 5.96. The maximum Gasteiger partial charge on any atom is 0.329 e. The van der Waals surface area contributed by atoms with Crippen molar-refractivity contribution in [2.24, 2.45) is 0 Å². The number of carboxylic acids is 1. The summed E-state index contributed by atoms with van der Waals surface area (Å²) >= 11 is 0. The number of aliphatic hydroxyl groups excluding tert-OH is 1. The number of carbonyl (C=O) groups excluding carboxylic acids is 4. The second-order valence-corrected chi connectivity index (χ2v) is 17.2. The Hall–Kier alpha value is -2.73. The van der Waals surface area contributed by atoms with Crippen molar-refractivity contribution in [2.45, 2.75) is 187 Å². The van der Waals surface area contributed by atoms with Crippen LogP contribution < -0.4 is 16.0 Å². The number of unbranched alkanes of at least 4 members (excludes halogenated alkanes) is 13. The van der Waals surface area contributed by atoms with Crippen molar-refractivity contribution in [3.63, 3.8) is 0 Å². The van der Waals surface area contributed by atoms with Gasteiger partial charge in [0.2, 0.25) is 5.91 Å². The van der Waals surface area contributed by atoms with E-state index >= 15 is 0 Å². The standard InChI is InChI=1S/C44H83N3O13/c1-43(2,3)59-41(53)22-20-18-16-14-12-10-8-7-9-11-13-15-17-19-21-39(50)47-37(42(54)60-44(4,5)6)23-24-38(49)46-26-28-56-31-32-58-36(34-48)33-45-25-27-55-29-30-57-35-40(51)52/h34,36-38,45-46,49H,7-33,35H2,1-6H3,(H,47,50)(H,51,52)/t36?,37-,38?/m0/s1. The summed E-state index contributed by atoms with van der Waals surface area (Å²) in [7, 11) is 0. The van der Waals surface area contributed by atoms with E-state index in [2.05, 4.69) is 16.0 Å². The minimum atomic E-state index is -1.03. The molecule has 0 radical (unpaired) electrons. The Labute approximate surface area is 360 Å². The number of nitrogens with one attached hydrogen (secondary N) is 3. The molecule has 16 heteroatoms. The quantitative estimate of drug-likeness (QED) is 0.0225. The molecule has 0 spiro atoms. The molecule has 2 unspecified atom stereocenters. The van der Waals surface area contributed by atoms with Gasteiger partial charge in [-0.05, 0) is 67.2 Å². The number of carboxylic acid groups (broad SMARTS) is 1. The second-order valence-electron chi connectivity index (χ2n) is 17.2. The fourth-order valence-corrected chi connectivity index (χ4v) is 5.96. The molecule has 0 fully saturated rings. The van der Waals surface area contributed by atoms with Gasteiger partial charge in [-0.15, -0.1) is 0 Å². The van der Waals surface area contributed by atoms with E-state index in [9.17, 15) is 29.1 Å². The Morgan fingerprint density at radius 3 is 1.65 bits per heavy atom. The van der Waals surface area contributed by atoms with Gasteiger partial charge < -0.3 is 54.1 Å². The topological polar surface area (TPSA) is 217 Å². The first-order valence-electron chi connectivity index (χ1n) is 22.4. The van der Waals surface area contributed by atoms with Gasteiger partial charge in [-0.2, -0.15) is 0 Å². The summed E-state index contributed by atoms with van der Waals surface area (Å²) in [5, 5.41) is 27.8. The van der Waals surface area contributed by atoms with Gasteiger partial charge in [-0.25, -0.2) is 9.59 Å². The molecule has 352 valence electrons. The third-order valence-electron chi connectivity index (χ3n) is 8.91. The highest BCUT2D eigenvalue weighted by molar-refractivity contribution is 5.84. The van der Waals surface area contributed by atoms with E-state index in [1.807, 2.05) is 20.8 Å². The van der Waals surface area contributed by atoms with Gasteiger partial charge in [0.1, 0.15) is 42.5 Å². The fraction of sp³-hybridized carbons (Fsp3) is 0.886. The Bertz CT molecular complexity index is 1110. The molecule has 0 aliphatic rings. The number of aliphatic carboxylic acids is 1. The molecular formula is C44H83N3O13. The molecule has 60 heavy (non-hydrogen) atoms. The predicted molar refractivity (Wildman–Crippen MR) is 230 cm³/mol. The van der Waals surface area contributed by atoms with Gasteiger partial charge in [0.25, 0.3) is 0 Å². The molecule has 0 heterocycles. The summed E-state index contributed by atoms with van der Waals surface area (Å²) in [5.41, 5.74) is -1.12. The summed E-state index contributed by atoms with van der Waals surface area (Å²) in [5.74, 6) is -1.86. The van der Waals surface area contributed by atoms with E-state index in [1.165, 1.54) is 51.4 Å². The van der Waals surface area contributed by atoms with Gasteiger partial charge in [0, 0.05) is 32.5 Å². The van der Waals surface area contributed by atoms with Crippen LogP contribution >= 0.6 is 0 Å². The summed E-state index contributed by atoms with van der Waals surface area (Å²) in [6.45, 7) is 13.3. The number of carbonyl (C=O) groups is 5. The highest BCUT2D eigenvalue weighted by atomic mass is 16.6. The average molecular weight is 862 g/mol. The van der Waals surface area contributed by atoms with Gasteiger partial charge in [0.05, 0.1) is 39.6 Å². The van der Waals surface area contributed by atoms with E-state index in [-0.39, 0.29) is 64.4 Å². The lowest BCUT2D eigenvalue weighted by molar-refractivity contribution is -0.159. The first-order chi connectivity index (χ1) is 28.5. The Morgan fingerprint density at radius 2 is 1.12 bits per heavy atom. The molecule has 0 bridgehead atoms. The minimum absolute atomic E-state index is 0.0994. The molecule has 0 saturated heterocycles. The third-order valence-corrected chi connectivity index (χ3v) is 8.91. The number of ether oxygens (including phenoxy) is 6. The molecular weight excluding hydrogens is 778 g/mol. The van der Waals surface area contributed by atoms with Gasteiger partial charge in [-0.1, -0.05) is 77.0 Å². The van der Waals surface area contributed by atoms with Crippen LogP contribution in [0.2, 0.25) is 0 Å². The van der Waals surface area contributed by atoms with Crippen LogP contribution in [0, 0.1) is 0 Å². The maximum absolute atomic E-state index is 12.9. The first-order valence-corrected chi connectivity index (χ1v) is 22.4. The zero-order valence-corrected chi connectivity index (χ0v) is 38.0. The average Bonchev–Trinajstić information content (AvgIpc) is 3.15. The lowest BCUT2D eigenvalue weighted by Crippen LogP contribution is -2.45. The van der Waals surface area contributed by atoms with Crippen molar-refractivity contribution in [1.29, 1.82) is 0 Å². The van der Waals surface area contributed by atoms with Gasteiger partial charge >= 0.3 is 17.9 Å². The molecule has 0 aromatic carbocycles.